The van der Waals surface area contributed by atoms with Gasteiger partial charge in [0.2, 0.25) is 0 Å². The summed E-state index contributed by atoms with van der Waals surface area (Å²) in [6, 6.07) is 0. The standard InChI is InChI=1S/C12H23NO3/c1-4-13(7-11(2,3)15)8-12(9-14)5-6-16-10-12/h9,15H,4-8,10H2,1-3H3. The molecule has 1 N–H and O–H groups in total. The second-order valence-corrected chi connectivity index (χ2v) is 5.40. The molecule has 0 saturated carbocycles. The van der Waals surface area contributed by atoms with Crippen molar-refractivity contribution in [2.75, 3.05) is 32.8 Å². The highest BCUT2D eigenvalue weighted by atomic mass is 16.5. The number of rotatable bonds is 6. The van der Waals surface area contributed by atoms with Crippen LogP contribution in [0.4, 0.5) is 0 Å². The zero-order valence-electron chi connectivity index (χ0n) is 10.5. The van der Waals surface area contributed by atoms with Crippen LogP contribution in [0.25, 0.3) is 0 Å². The van der Waals surface area contributed by atoms with Gasteiger partial charge in [0.15, 0.2) is 0 Å². The molecule has 1 rings (SSSR count). The maximum atomic E-state index is 11.2. The molecular formula is C12H23NO3. The van der Waals surface area contributed by atoms with Gasteiger partial charge in [-0.25, -0.2) is 0 Å². The summed E-state index contributed by atoms with van der Waals surface area (Å²) in [6.07, 6.45) is 1.81. The van der Waals surface area contributed by atoms with Gasteiger partial charge >= 0.3 is 0 Å². The first-order valence-electron chi connectivity index (χ1n) is 5.90. The molecule has 1 aliphatic heterocycles. The van der Waals surface area contributed by atoms with Gasteiger partial charge in [-0.3, -0.25) is 4.90 Å². The lowest BCUT2D eigenvalue weighted by Crippen LogP contribution is -2.45. The van der Waals surface area contributed by atoms with E-state index in [0.717, 1.165) is 19.3 Å². The molecule has 1 unspecified atom stereocenters. The average Bonchev–Trinajstić information content (AvgIpc) is 2.64. The second kappa shape index (κ2) is 5.25. The third-order valence-corrected chi connectivity index (χ3v) is 2.98. The SMILES string of the molecule is CCN(CC(C)(C)O)CC1(C=O)CCOC1. The van der Waals surface area contributed by atoms with Gasteiger partial charge in [0.1, 0.15) is 6.29 Å². The summed E-state index contributed by atoms with van der Waals surface area (Å²) < 4.78 is 5.31. The van der Waals surface area contributed by atoms with Crippen LogP contribution >= 0.6 is 0 Å². The Morgan fingerprint density at radius 1 is 1.56 bits per heavy atom. The Hall–Kier alpha value is -0.450. The third-order valence-electron chi connectivity index (χ3n) is 2.98. The number of aliphatic hydroxyl groups is 1. The van der Waals surface area contributed by atoms with Crippen LogP contribution in [0.2, 0.25) is 0 Å². The van der Waals surface area contributed by atoms with E-state index in [0.29, 0.717) is 26.3 Å². The lowest BCUT2D eigenvalue weighted by atomic mass is 9.88. The van der Waals surface area contributed by atoms with Crippen molar-refractivity contribution in [3.05, 3.63) is 0 Å². The molecule has 1 atom stereocenters. The fraction of sp³-hybridized carbons (Fsp3) is 0.917. The first kappa shape index (κ1) is 13.6. The molecule has 0 spiro atoms. The number of nitrogens with zero attached hydrogens (tertiary/aromatic N) is 1. The first-order chi connectivity index (χ1) is 7.41. The van der Waals surface area contributed by atoms with Gasteiger partial charge in [-0.2, -0.15) is 0 Å². The van der Waals surface area contributed by atoms with E-state index in [9.17, 15) is 9.90 Å². The van der Waals surface area contributed by atoms with Crippen molar-refractivity contribution >= 4 is 6.29 Å². The van der Waals surface area contributed by atoms with Gasteiger partial charge in [-0.1, -0.05) is 6.92 Å². The Balaban J connectivity index is 2.57. The molecule has 1 saturated heterocycles. The lowest BCUT2D eigenvalue weighted by molar-refractivity contribution is -0.117. The van der Waals surface area contributed by atoms with Crippen molar-refractivity contribution < 1.29 is 14.6 Å². The van der Waals surface area contributed by atoms with Crippen molar-refractivity contribution in [3.63, 3.8) is 0 Å². The maximum Gasteiger partial charge on any atom is 0.129 e. The topological polar surface area (TPSA) is 49.8 Å². The molecule has 0 amide bonds. The highest BCUT2D eigenvalue weighted by Crippen LogP contribution is 2.27. The molecule has 0 aliphatic carbocycles. The van der Waals surface area contributed by atoms with Crippen LogP contribution in [-0.2, 0) is 9.53 Å². The van der Waals surface area contributed by atoms with Crippen LogP contribution in [0, 0.1) is 5.41 Å². The first-order valence-corrected chi connectivity index (χ1v) is 5.90. The number of likely N-dealkylation sites (N-methyl/N-ethyl adjacent to an activating group) is 1. The average molecular weight is 229 g/mol. The molecule has 1 fully saturated rings. The van der Waals surface area contributed by atoms with Crippen LogP contribution in [0.1, 0.15) is 27.2 Å². The number of hydrogen-bond donors (Lipinski definition) is 1. The van der Waals surface area contributed by atoms with Crippen molar-refractivity contribution in [1.29, 1.82) is 0 Å². The van der Waals surface area contributed by atoms with E-state index in [-0.39, 0.29) is 5.41 Å². The monoisotopic (exact) mass is 229 g/mol. The van der Waals surface area contributed by atoms with Crippen LogP contribution in [0.5, 0.6) is 0 Å². The number of carbonyl (C=O) groups excluding carboxylic acids is 1. The minimum atomic E-state index is -0.723. The molecule has 1 heterocycles. The van der Waals surface area contributed by atoms with Gasteiger partial charge in [-0.05, 0) is 26.8 Å². The van der Waals surface area contributed by atoms with E-state index < -0.39 is 5.60 Å². The van der Waals surface area contributed by atoms with Gasteiger partial charge in [0, 0.05) is 19.7 Å². The summed E-state index contributed by atoms with van der Waals surface area (Å²) in [7, 11) is 0. The zero-order chi connectivity index (χ0) is 12.2. The maximum absolute atomic E-state index is 11.2. The van der Waals surface area contributed by atoms with Gasteiger partial charge in [-0.15, -0.1) is 0 Å². The largest absolute Gasteiger partial charge is 0.389 e. The third kappa shape index (κ3) is 3.85. The Morgan fingerprint density at radius 2 is 2.25 bits per heavy atom. The van der Waals surface area contributed by atoms with Crippen LogP contribution in [-0.4, -0.2) is 54.7 Å². The normalized spacial score (nSPS) is 26.3. The molecule has 0 radical (unpaired) electrons. The minimum absolute atomic E-state index is 0.360. The van der Waals surface area contributed by atoms with E-state index in [2.05, 4.69) is 4.90 Å². The van der Waals surface area contributed by atoms with Crippen LogP contribution in [0.15, 0.2) is 0 Å². The van der Waals surface area contributed by atoms with Crippen LogP contribution < -0.4 is 0 Å². The van der Waals surface area contributed by atoms with E-state index in [1.165, 1.54) is 0 Å². The predicted molar refractivity (Wildman–Crippen MR) is 62.3 cm³/mol. The van der Waals surface area contributed by atoms with Crippen molar-refractivity contribution in [2.24, 2.45) is 5.41 Å². The number of aldehydes is 1. The molecule has 4 heteroatoms. The number of carbonyl (C=O) groups is 1. The van der Waals surface area contributed by atoms with Crippen molar-refractivity contribution in [2.45, 2.75) is 32.8 Å². The number of ether oxygens (including phenoxy) is 1. The molecule has 16 heavy (non-hydrogen) atoms. The van der Waals surface area contributed by atoms with Crippen molar-refractivity contribution in [1.82, 2.24) is 4.90 Å². The Bertz CT molecular complexity index is 229. The summed E-state index contributed by atoms with van der Waals surface area (Å²) in [4.78, 5) is 13.3. The van der Waals surface area contributed by atoms with E-state index in [1.54, 1.807) is 13.8 Å². The molecule has 4 nitrogen and oxygen atoms in total. The Morgan fingerprint density at radius 3 is 2.62 bits per heavy atom. The molecule has 0 aromatic rings. The van der Waals surface area contributed by atoms with E-state index in [1.807, 2.05) is 6.92 Å². The summed E-state index contributed by atoms with van der Waals surface area (Å²) >= 11 is 0. The quantitative estimate of drug-likeness (QED) is 0.681. The van der Waals surface area contributed by atoms with Crippen LogP contribution in [0.3, 0.4) is 0 Å². The molecule has 0 aromatic heterocycles. The zero-order valence-corrected chi connectivity index (χ0v) is 10.5. The molecule has 94 valence electrons. The molecule has 0 bridgehead atoms. The lowest BCUT2D eigenvalue weighted by Gasteiger charge is -2.33. The Labute approximate surface area is 97.6 Å². The second-order valence-electron chi connectivity index (χ2n) is 5.40. The van der Waals surface area contributed by atoms with Gasteiger partial charge < -0.3 is 14.6 Å². The van der Waals surface area contributed by atoms with Crippen molar-refractivity contribution in [3.8, 4) is 0 Å². The van der Waals surface area contributed by atoms with Gasteiger partial charge in [0.05, 0.1) is 17.6 Å². The summed E-state index contributed by atoms with van der Waals surface area (Å²) in [5.41, 5.74) is -1.08. The molecule has 0 aromatic carbocycles. The highest BCUT2D eigenvalue weighted by molar-refractivity contribution is 5.60. The smallest absolute Gasteiger partial charge is 0.129 e. The van der Waals surface area contributed by atoms with E-state index in [4.69, 9.17) is 4.74 Å². The molecular weight excluding hydrogens is 206 g/mol. The number of hydrogen-bond acceptors (Lipinski definition) is 4. The fourth-order valence-electron chi connectivity index (χ4n) is 2.15. The predicted octanol–water partition coefficient (Wildman–Crippen LogP) is 0.685. The Kier molecular flexibility index (Phi) is 4.47. The summed E-state index contributed by atoms with van der Waals surface area (Å²) in [5.74, 6) is 0. The van der Waals surface area contributed by atoms with E-state index >= 15 is 0 Å². The minimum Gasteiger partial charge on any atom is -0.389 e. The molecule has 1 aliphatic rings. The highest BCUT2D eigenvalue weighted by Gasteiger charge is 2.37. The summed E-state index contributed by atoms with van der Waals surface area (Å²) in [6.45, 7) is 8.89. The fourth-order valence-corrected chi connectivity index (χ4v) is 2.15. The summed E-state index contributed by atoms with van der Waals surface area (Å²) in [5, 5.41) is 9.79. The van der Waals surface area contributed by atoms with Gasteiger partial charge in [0.25, 0.3) is 0 Å².